The Balaban J connectivity index is 2.46. The zero-order valence-electron chi connectivity index (χ0n) is 9.37. The lowest BCUT2D eigenvalue weighted by molar-refractivity contribution is 0.672. The highest BCUT2D eigenvalue weighted by atomic mass is 35.5. The third kappa shape index (κ3) is 3.98. The molecule has 0 amide bonds. The first kappa shape index (κ1) is 13.3. The molecule has 1 heterocycles. The molecule has 6 heteroatoms. The average molecular weight is 262 g/mol. The average Bonchev–Trinajstić information content (AvgIpc) is 2.20. The van der Waals surface area contributed by atoms with E-state index in [1.165, 1.54) is 0 Å². The Morgan fingerprint density at radius 2 is 2.38 bits per heavy atom. The summed E-state index contributed by atoms with van der Waals surface area (Å²) >= 11 is 5.73. The van der Waals surface area contributed by atoms with Gasteiger partial charge < -0.3 is 11.1 Å². The number of hydrogen-bond donors (Lipinski definition) is 2. The molecule has 2 atom stereocenters. The van der Waals surface area contributed by atoms with Gasteiger partial charge in [-0.25, -0.2) is 4.98 Å². The van der Waals surface area contributed by atoms with Crippen molar-refractivity contribution in [2.45, 2.75) is 18.6 Å². The van der Waals surface area contributed by atoms with E-state index in [-0.39, 0.29) is 5.25 Å². The van der Waals surface area contributed by atoms with Crippen molar-refractivity contribution >= 4 is 33.9 Å². The Morgan fingerprint density at radius 3 is 2.94 bits per heavy atom. The van der Waals surface area contributed by atoms with Crippen LogP contribution in [0.4, 0.5) is 11.5 Å². The second kappa shape index (κ2) is 6.06. The topological polar surface area (TPSA) is 68.0 Å². The van der Waals surface area contributed by atoms with Crippen LogP contribution in [0.15, 0.2) is 12.3 Å². The Labute approximate surface area is 103 Å². The first-order valence-corrected chi connectivity index (χ1v) is 6.97. The van der Waals surface area contributed by atoms with Gasteiger partial charge in [0.25, 0.3) is 0 Å². The van der Waals surface area contributed by atoms with Crippen molar-refractivity contribution in [3.05, 3.63) is 17.3 Å². The van der Waals surface area contributed by atoms with Crippen molar-refractivity contribution in [3.63, 3.8) is 0 Å². The standard InChI is InChI=1S/C10H16ClN3OS/c1-7(16(2)15)3-4-13-10-9(12)5-8(11)6-14-10/h5-7H,3-4,12H2,1-2H3,(H,13,14). The van der Waals surface area contributed by atoms with Gasteiger partial charge in [0.1, 0.15) is 5.82 Å². The lowest BCUT2D eigenvalue weighted by Gasteiger charge is -2.11. The SMILES string of the molecule is CC(CCNc1ncc(Cl)cc1N)S(C)=O. The molecular weight excluding hydrogens is 246 g/mol. The van der Waals surface area contributed by atoms with Gasteiger partial charge >= 0.3 is 0 Å². The highest BCUT2D eigenvalue weighted by Crippen LogP contribution is 2.19. The van der Waals surface area contributed by atoms with E-state index in [4.69, 9.17) is 17.3 Å². The molecule has 1 rings (SSSR count). The number of nitrogen functional groups attached to an aromatic ring is 1. The number of pyridine rings is 1. The quantitative estimate of drug-likeness (QED) is 0.849. The minimum Gasteiger partial charge on any atom is -0.396 e. The molecule has 4 nitrogen and oxygen atoms in total. The van der Waals surface area contributed by atoms with Gasteiger partial charge in [-0.15, -0.1) is 0 Å². The molecule has 16 heavy (non-hydrogen) atoms. The van der Waals surface area contributed by atoms with Crippen LogP contribution in [0.3, 0.4) is 0 Å². The van der Waals surface area contributed by atoms with E-state index >= 15 is 0 Å². The largest absolute Gasteiger partial charge is 0.396 e. The van der Waals surface area contributed by atoms with Crippen molar-refractivity contribution in [1.29, 1.82) is 0 Å². The molecule has 1 aromatic rings. The predicted molar refractivity (Wildman–Crippen MR) is 70.3 cm³/mol. The van der Waals surface area contributed by atoms with Crippen LogP contribution in [-0.4, -0.2) is 27.2 Å². The molecule has 3 N–H and O–H groups in total. The van der Waals surface area contributed by atoms with E-state index in [1.54, 1.807) is 18.5 Å². The number of halogens is 1. The van der Waals surface area contributed by atoms with Crippen LogP contribution >= 0.6 is 11.6 Å². The summed E-state index contributed by atoms with van der Waals surface area (Å²) in [5, 5.41) is 3.78. The highest BCUT2D eigenvalue weighted by Gasteiger charge is 2.06. The Kier molecular flexibility index (Phi) is 5.02. The number of nitrogens with one attached hydrogen (secondary N) is 1. The van der Waals surface area contributed by atoms with Gasteiger partial charge in [-0.05, 0) is 12.5 Å². The van der Waals surface area contributed by atoms with Gasteiger partial charge in [0, 0.05) is 35.0 Å². The van der Waals surface area contributed by atoms with Crippen molar-refractivity contribution in [2.75, 3.05) is 23.9 Å². The lowest BCUT2D eigenvalue weighted by Crippen LogP contribution is -2.15. The Morgan fingerprint density at radius 1 is 1.69 bits per heavy atom. The number of rotatable bonds is 5. The number of nitrogens with zero attached hydrogens (tertiary/aromatic N) is 1. The van der Waals surface area contributed by atoms with E-state index in [1.807, 2.05) is 6.92 Å². The van der Waals surface area contributed by atoms with Gasteiger partial charge in [0.05, 0.1) is 10.7 Å². The molecule has 0 saturated heterocycles. The van der Waals surface area contributed by atoms with Crippen LogP contribution < -0.4 is 11.1 Å². The summed E-state index contributed by atoms with van der Waals surface area (Å²) in [4.78, 5) is 4.08. The smallest absolute Gasteiger partial charge is 0.149 e. The predicted octanol–water partition coefficient (Wildman–Crippen LogP) is 1.89. The number of hydrogen-bond acceptors (Lipinski definition) is 4. The molecule has 2 unspecified atom stereocenters. The second-order valence-corrected chi connectivity index (χ2v) is 5.85. The molecular formula is C10H16ClN3OS. The fourth-order valence-corrected chi connectivity index (χ4v) is 1.78. The molecule has 90 valence electrons. The lowest BCUT2D eigenvalue weighted by atomic mass is 10.3. The van der Waals surface area contributed by atoms with Gasteiger partial charge in [0.2, 0.25) is 0 Å². The zero-order chi connectivity index (χ0) is 12.1. The molecule has 0 radical (unpaired) electrons. The van der Waals surface area contributed by atoms with E-state index in [0.717, 1.165) is 6.42 Å². The molecule has 0 saturated carbocycles. The first-order chi connectivity index (χ1) is 7.50. The van der Waals surface area contributed by atoms with Gasteiger partial charge in [-0.3, -0.25) is 4.21 Å². The molecule has 0 bridgehead atoms. The number of aromatic nitrogens is 1. The zero-order valence-corrected chi connectivity index (χ0v) is 10.9. The summed E-state index contributed by atoms with van der Waals surface area (Å²) in [6.07, 6.45) is 4.06. The third-order valence-corrected chi connectivity index (χ3v) is 3.87. The van der Waals surface area contributed by atoms with Crippen molar-refractivity contribution in [3.8, 4) is 0 Å². The normalized spacial score (nSPS) is 14.4. The summed E-state index contributed by atoms with van der Waals surface area (Å²) in [5.41, 5.74) is 6.25. The monoisotopic (exact) mass is 261 g/mol. The highest BCUT2D eigenvalue weighted by molar-refractivity contribution is 7.84. The molecule has 0 fully saturated rings. The van der Waals surface area contributed by atoms with Gasteiger partial charge in [0.15, 0.2) is 0 Å². The molecule has 0 aromatic carbocycles. The van der Waals surface area contributed by atoms with Crippen LogP contribution in [0.2, 0.25) is 5.02 Å². The van der Waals surface area contributed by atoms with Crippen LogP contribution in [0, 0.1) is 0 Å². The Bertz CT molecular complexity index is 386. The maximum absolute atomic E-state index is 11.1. The van der Waals surface area contributed by atoms with Crippen LogP contribution in [-0.2, 0) is 10.8 Å². The minimum absolute atomic E-state index is 0.168. The summed E-state index contributed by atoms with van der Waals surface area (Å²) in [6, 6.07) is 1.65. The van der Waals surface area contributed by atoms with Crippen molar-refractivity contribution in [1.82, 2.24) is 4.98 Å². The van der Waals surface area contributed by atoms with Crippen LogP contribution in [0.25, 0.3) is 0 Å². The minimum atomic E-state index is -0.790. The third-order valence-electron chi connectivity index (χ3n) is 2.29. The van der Waals surface area contributed by atoms with E-state index in [9.17, 15) is 4.21 Å². The van der Waals surface area contributed by atoms with E-state index in [0.29, 0.717) is 23.1 Å². The summed E-state index contributed by atoms with van der Waals surface area (Å²) in [7, 11) is -0.790. The molecule has 0 aliphatic carbocycles. The summed E-state index contributed by atoms with van der Waals surface area (Å²) in [6.45, 7) is 2.65. The van der Waals surface area contributed by atoms with E-state index in [2.05, 4.69) is 10.3 Å². The van der Waals surface area contributed by atoms with Gasteiger partial charge in [-0.2, -0.15) is 0 Å². The summed E-state index contributed by atoms with van der Waals surface area (Å²) in [5.74, 6) is 0.624. The van der Waals surface area contributed by atoms with Gasteiger partial charge in [-0.1, -0.05) is 18.5 Å². The number of nitrogens with two attached hydrogens (primary N) is 1. The maximum atomic E-state index is 11.1. The number of anilines is 2. The van der Waals surface area contributed by atoms with Crippen molar-refractivity contribution < 1.29 is 4.21 Å². The maximum Gasteiger partial charge on any atom is 0.149 e. The second-order valence-electron chi connectivity index (χ2n) is 3.62. The molecule has 0 spiro atoms. The molecule has 0 aliphatic heterocycles. The Hall–Kier alpha value is -0.810. The van der Waals surface area contributed by atoms with Crippen molar-refractivity contribution in [2.24, 2.45) is 0 Å². The molecule has 1 aromatic heterocycles. The fourth-order valence-electron chi connectivity index (χ4n) is 1.16. The first-order valence-electron chi connectivity index (χ1n) is 4.98. The van der Waals surface area contributed by atoms with E-state index < -0.39 is 10.8 Å². The molecule has 0 aliphatic rings. The van der Waals surface area contributed by atoms with Crippen LogP contribution in [0.5, 0.6) is 0 Å². The van der Waals surface area contributed by atoms with Crippen LogP contribution in [0.1, 0.15) is 13.3 Å². The summed E-state index contributed by atoms with van der Waals surface area (Å²) < 4.78 is 11.1. The fraction of sp³-hybridized carbons (Fsp3) is 0.500.